The molecule has 1 saturated heterocycles. The van der Waals surface area contributed by atoms with E-state index >= 15 is 0 Å². The van der Waals surface area contributed by atoms with E-state index < -0.39 is 0 Å². The maximum atomic E-state index is 12.9. The van der Waals surface area contributed by atoms with Crippen LogP contribution in [0.15, 0.2) is 36.5 Å². The predicted octanol–water partition coefficient (Wildman–Crippen LogP) is 1.59. The molecule has 144 valence electrons. The first kappa shape index (κ1) is 17.3. The van der Waals surface area contributed by atoms with Gasteiger partial charge in [0.15, 0.2) is 5.69 Å². The number of carbonyl (C=O) groups excluding carboxylic acids is 1. The molecule has 2 aliphatic heterocycles. The largest absolute Gasteiger partial charge is 0.379 e. The van der Waals surface area contributed by atoms with Gasteiger partial charge in [-0.15, -0.1) is 0 Å². The summed E-state index contributed by atoms with van der Waals surface area (Å²) in [7, 11) is 0. The average Bonchev–Trinajstić information content (AvgIpc) is 3.35. The van der Waals surface area contributed by atoms with Crippen molar-refractivity contribution in [3.8, 4) is 0 Å². The van der Waals surface area contributed by atoms with Gasteiger partial charge in [-0.3, -0.25) is 14.9 Å². The summed E-state index contributed by atoms with van der Waals surface area (Å²) in [6.07, 6.45) is 3.52. The minimum Gasteiger partial charge on any atom is -0.379 e. The Balaban J connectivity index is 1.33. The van der Waals surface area contributed by atoms with Crippen molar-refractivity contribution in [1.82, 2.24) is 25.8 Å². The highest BCUT2D eigenvalue weighted by atomic mass is 16.5. The molecule has 2 atom stereocenters. The van der Waals surface area contributed by atoms with Gasteiger partial charge in [0, 0.05) is 29.6 Å². The molecule has 0 radical (unpaired) electrons. The number of hydrogen-bond acceptors (Lipinski definition) is 5. The Morgan fingerprint density at radius 3 is 3.14 bits per heavy atom. The van der Waals surface area contributed by atoms with Crippen LogP contribution in [-0.4, -0.2) is 46.9 Å². The number of H-pyrrole nitrogens is 1. The van der Waals surface area contributed by atoms with Crippen molar-refractivity contribution in [3.63, 3.8) is 0 Å². The summed E-state index contributed by atoms with van der Waals surface area (Å²) in [4.78, 5) is 17.3. The first-order valence-electron chi connectivity index (χ1n) is 9.77. The number of aromatic nitrogens is 3. The van der Waals surface area contributed by atoms with Crippen molar-refractivity contribution < 1.29 is 9.53 Å². The summed E-state index contributed by atoms with van der Waals surface area (Å²) in [5, 5.41) is 14.9. The van der Waals surface area contributed by atoms with Crippen LogP contribution < -0.4 is 10.6 Å². The van der Waals surface area contributed by atoms with E-state index in [1.54, 1.807) is 0 Å². The second kappa shape index (κ2) is 7.33. The van der Waals surface area contributed by atoms with Gasteiger partial charge in [0.2, 0.25) is 0 Å². The molecule has 3 aromatic rings. The lowest BCUT2D eigenvalue weighted by Crippen LogP contribution is -2.41. The van der Waals surface area contributed by atoms with Gasteiger partial charge < -0.3 is 15.4 Å². The molecular weight excluding hydrogens is 354 g/mol. The molecule has 2 aromatic heterocycles. The zero-order valence-corrected chi connectivity index (χ0v) is 15.6. The zero-order valence-electron chi connectivity index (χ0n) is 15.6. The van der Waals surface area contributed by atoms with Crippen LogP contribution in [0.1, 0.15) is 27.3 Å². The van der Waals surface area contributed by atoms with Gasteiger partial charge in [-0.25, -0.2) is 0 Å². The van der Waals surface area contributed by atoms with Gasteiger partial charge in [0.1, 0.15) is 0 Å². The molecule has 5 rings (SSSR count). The maximum Gasteiger partial charge on any atom is 0.272 e. The highest BCUT2D eigenvalue weighted by Crippen LogP contribution is 2.24. The van der Waals surface area contributed by atoms with Crippen LogP contribution in [0.25, 0.3) is 10.9 Å². The summed E-state index contributed by atoms with van der Waals surface area (Å²) >= 11 is 0. The molecule has 0 aliphatic carbocycles. The SMILES string of the molecule is O=C(N[C@@H]1COC[C@H]1Cc1ccnc2ccccc12)c1n[nH]c2c1CCNC2. The van der Waals surface area contributed by atoms with Crippen LogP contribution in [0.5, 0.6) is 0 Å². The number of rotatable bonds is 4. The molecule has 2 aliphatic rings. The monoisotopic (exact) mass is 377 g/mol. The molecule has 7 nitrogen and oxygen atoms in total. The third-order valence-corrected chi connectivity index (χ3v) is 5.76. The lowest BCUT2D eigenvalue weighted by molar-refractivity contribution is 0.0919. The van der Waals surface area contributed by atoms with Crippen molar-refractivity contribution in [2.45, 2.75) is 25.4 Å². The molecule has 1 aromatic carbocycles. The molecule has 0 spiro atoms. The predicted molar refractivity (Wildman–Crippen MR) is 105 cm³/mol. The molecule has 1 fully saturated rings. The van der Waals surface area contributed by atoms with Gasteiger partial charge in [0.05, 0.1) is 30.5 Å². The minimum absolute atomic E-state index is 0.0199. The van der Waals surface area contributed by atoms with Crippen molar-refractivity contribution in [3.05, 3.63) is 59.0 Å². The summed E-state index contributed by atoms with van der Waals surface area (Å²) in [6.45, 7) is 2.79. The Labute approximate surface area is 162 Å². The second-order valence-electron chi connectivity index (χ2n) is 7.52. The Bertz CT molecular complexity index is 1010. The Morgan fingerprint density at radius 2 is 2.18 bits per heavy atom. The van der Waals surface area contributed by atoms with E-state index in [-0.39, 0.29) is 17.9 Å². The quantitative estimate of drug-likeness (QED) is 0.642. The van der Waals surface area contributed by atoms with Crippen molar-refractivity contribution in [1.29, 1.82) is 0 Å². The smallest absolute Gasteiger partial charge is 0.272 e. The molecular formula is C21H23N5O2. The van der Waals surface area contributed by atoms with Crippen LogP contribution in [0.2, 0.25) is 0 Å². The van der Waals surface area contributed by atoms with Gasteiger partial charge in [-0.2, -0.15) is 5.10 Å². The van der Waals surface area contributed by atoms with Crippen molar-refractivity contribution >= 4 is 16.8 Å². The van der Waals surface area contributed by atoms with Crippen LogP contribution in [0.3, 0.4) is 0 Å². The fourth-order valence-corrected chi connectivity index (χ4v) is 4.24. The van der Waals surface area contributed by atoms with E-state index in [0.717, 1.165) is 48.1 Å². The number of pyridine rings is 1. The minimum atomic E-state index is -0.112. The van der Waals surface area contributed by atoms with Crippen LogP contribution in [-0.2, 0) is 24.1 Å². The third kappa shape index (κ3) is 3.16. The molecule has 1 amide bonds. The van der Waals surface area contributed by atoms with Gasteiger partial charge in [-0.05, 0) is 37.1 Å². The third-order valence-electron chi connectivity index (χ3n) is 5.76. The summed E-state index contributed by atoms with van der Waals surface area (Å²) < 4.78 is 5.72. The lowest BCUT2D eigenvalue weighted by atomic mass is 9.93. The number of aromatic amines is 1. The van der Waals surface area contributed by atoms with E-state index in [1.807, 2.05) is 24.4 Å². The lowest BCUT2D eigenvalue weighted by Gasteiger charge is -2.20. The first-order valence-corrected chi connectivity index (χ1v) is 9.77. The summed E-state index contributed by atoms with van der Waals surface area (Å²) in [6, 6.07) is 10.2. The van der Waals surface area contributed by atoms with Crippen LogP contribution in [0.4, 0.5) is 0 Å². The van der Waals surface area contributed by atoms with E-state index in [2.05, 4.69) is 37.9 Å². The maximum absolute atomic E-state index is 12.9. The highest BCUT2D eigenvalue weighted by Gasteiger charge is 2.32. The fraction of sp³-hybridized carbons (Fsp3) is 0.381. The normalized spacial score (nSPS) is 21.6. The number of carbonyl (C=O) groups is 1. The van der Waals surface area contributed by atoms with Gasteiger partial charge in [0.25, 0.3) is 5.91 Å². The number of ether oxygens (including phenoxy) is 1. The number of para-hydroxylation sites is 1. The van der Waals surface area contributed by atoms with Gasteiger partial charge in [-0.1, -0.05) is 18.2 Å². The van der Waals surface area contributed by atoms with Crippen LogP contribution in [0, 0.1) is 5.92 Å². The average molecular weight is 377 g/mol. The Morgan fingerprint density at radius 1 is 1.25 bits per heavy atom. The highest BCUT2D eigenvalue weighted by molar-refractivity contribution is 5.94. The van der Waals surface area contributed by atoms with Gasteiger partial charge >= 0.3 is 0 Å². The number of nitrogens with one attached hydrogen (secondary N) is 3. The molecule has 4 heterocycles. The van der Waals surface area contributed by atoms with Crippen molar-refractivity contribution in [2.75, 3.05) is 19.8 Å². The summed E-state index contributed by atoms with van der Waals surface area (Å²) in [5.74, 6) is 0.116. The Hall–Kier alpha value is -2.77. The summed E-state index contributed by atoms with van der Waals surface area (Å²) in [5.41, 5.74) is 4.81. The van der Waals surface area contributed by atoms with E-state index in [0.29, 0.717) is 18.9 Å². The van der Waals surface area contributed by atoms with E-state index in [4.69, 9.17) is 4.74 Å². The molecule has 3 N–H and O–H groups in total. The molecule has 0 bridgehead atoms. The second-order valence-corrected chi connectivity index (χ2v) is 7.52. The van der Waals surface area contributed by atoms with Crippen LogP contribution >= 0.6 is 0 Å². The van der Waals surface area contributed by atoms with E-state index in [9.17, 15) is 4.79 Å². The zero-order chi connectivity index (χ0) is 18.9. The Kier molecular flexibility index (Phi) is 4.54. The number of fused-ring (bicyclic) bond motifs is 2. The standard InChI is InChI=1S/C21H23N5O2/c27-21(20-16-6-7-22-10-18(16)25-26-20)24-19-12-28-11-14(19)9-13-5-8-23-17-4-2-1-3-15(13)17/h1-5,8,14,19,22H,6-7,9-12H2,(H,24,27)(H,25,26)/t14-,19-/m1/s1. The fourth-order valence-electron chi connectivity index (χ4n) is 4.24. The number of nitrogens with zero attached hydrogens (tertiary/aromatic N) is 2. The number of benzene rings is 1. The molecule has 7 heteroatoms. The molecule has 28 heavy (non-hydrogen) atoms. The molecule has 0 unspecified atom stereocenters. The van der Waals surface area contributed by atoms with E-state index in [1.165, 1.54) is 5.56 Å². The first-order chi connectivity index (χ1) is 13.8. The number of amides is 1. The number of hydrogen-bond donors (Lipinski definition) is 3. The van der Waals surface area contributed by atoms with Crippen molar-refractivity contribution in [2.24, 2.45) is 5.92 Å². The topological polar surface area (TPSA) is 91.9 Å². The molecule has 0 saturated carbocycles.